The minimum absolute atomic E-state index is 0.116. The molecule has 0 radical (unpaired) electrons. The fourth-order valence-corrected chi connectivity index (χ4v) is 1.71. The predicted octanol–water partition coefficient (Wildman–Crippen LogP) is 1.48. The summed E-state index contributed by atoms with van der Waals surface area (Å²) in [5, 5.41) is 9.10. The first kappa shape index (κ1) is 9.06. The van der Waals surface area contributed by atoms with Gasteiger partial charge in [-0.2, -0.15) is 0 Å². The molecule has 0 aromatic heterocycles. The lowest BCUT2D eigenvalue weighted by atomic mass is 10.3. The predicted molar refractivity (Wildman–Crippen MR) is 48.8 cm³/mol. The second kappa shape index (κ2) is 3.15. The standard InChI is InChI=1S/C8H11NO2S/c1-9-12(2,11)8-5-3-4-7(10)6-8/h3-6,10H,1-2H3/t12-/m0/s1. The largest absolute Gasteiger partial charge is 0.508 e. The number of rotatable bonds is 1. The van der Waals surface area contributed by atoms with Crippen LogP contribution in [0.1, 0.15) is 0 Å². The molecular formula is C8H11NO2S. The Hall–Kier alpha value is -1.03. The second-order valence-electron chi connectivity index (χ2n) is 2.48. The van der Waals surface area contributed by atoms with E-state index >= 15 is 0 Å². The van der Waals surface area contributed by atoms with Gasteiger partial charge in [-0.05, 0) is 18.2 Å². The Morgan fingerprint density at radius 3 is 2.67 bits per heavy atom. The Morgan fingerprint density at radius 1 is 1.50 bits per heavy atom. The summed E-state index contributed by atoms with van der Waals surface area (Å²) in [6.45, 7) is 0. The van der Waals surface area contributed by atoms with Gasteiger partial charge in [0.2, 0.25) is 0 Å². The van der Waals surface area contributed by atoms with Gasteiger partial charge in [-0.3, -0.25) is 0 Å². The molecule has 0 aliphatic carbocycles. The lowest BCUT2D eigenvalue weighted by molar-refractivity contribution is 0.473. The maximum absolute atomic E-state index is 11.6. The first-order valence-electron chi connectivity index (χ1n) is 3.45. The van der Waals surface area contributed by atoms with Crippen LogP contribution in [0.5, 0.6) is 5.75 Å². The third kappa shape index (κ3) is 1.76. The SMILES string of the molecule is CN=[S@@](C)(=O)c1cccc(O)c1. The molecule has 0 amide bonds. The van der Waals surface area contributed by atoms with E-state index in [-0.39, 0.29) is 5.75 Å². The number of phenols is 1. The van der Waals surface area contributed by atoms with E-state index in [4.69, 9.17) is 5.11 Å². The zero-order valence-electron chi connectivity index (χ0n) is 7.02. The van der Waals surface area contributed by atoms with Gasteiger partial charge in [-0.1, -0.05) is 6.07 Å². The maximum atomic E-state index is 11.6. The van der Waals surface area contributed by atoms with Gasteiger partial charge in [0.1, 0.15) is 5.75 Å². The van der Waals surface area contributed by atoms with Crippen LogP contribution in [0.2, 0.25) is 0 Å². The van der Waals surface area contributed by atoms with Gasteiger partial charge in [0.05, 0.1) is 14.6 Å². The summed E-state index contributed by atoms with van der Waals surface area (Å²) in [7, 11) is -0.799. The molecule has 0 aliphatic heterocycles. The number of benzene rings is 1. The van der Waals surface area contributed by atoms with Crippen molar-refractivity contribution in [1.29, 1.82) is 0 Å². The highest BCUT2D eigenvalue weighted by Crippen LogP contribution is 2.16. The zero-order chi connectivity index (χ0) is 9.19. The van der Waals surface area contributed by atoms with Crippen LogP contribution >= 0.6 is 0 Å². The van der Waals surface area contributed by atoms with Gasteiger partial charge in [-0.15, -0.1) is 0 Å². The van der Waals surface area contributed by atoms with Crippen molar-refractivity contribution >= 4 is 9.73 Å². The molecule has 0 unspecified atom stereocenters. The number of hydrogen-bond donors (Lipinski definition) is 1. The van der Waals surface area contributed by atoms with Crippen LogP contribution in [-0.2, 0) is 9.73 Å². The smallest absolute Gasteiger partial charge is 0.116 e. The van der Waals surface area contributed by atoms with Crippen LogP contribution in [0.3, 0.4) is 0 Å². The molecule has 0 saturated heterocycles. The summed E-state index contributed by atoms with van der Waals surface area (Å²) in [4.78, 5) is 0.560. The van der Waals surface area contributed by atoms with Crippen molar-refractivity contribution in [3.05, 3.63) is 24.3 Å². The van der Waals surface area contributed by atoms with Gasteiger partial charge < -0.3 is 5.11 Å². The topological polar surface area (TPSA) is 49.7 Å². The van der Waals surface area contributed by atoms with E-state index in [1.165, 1.54) is 19.2 Å². The first-order valence-corrected chi connectivity index (χ1v) is 5.38. The Balaban J connectivity index is 3.31. The molecule has 0 spiro atoms. The van der Waals surface area contributed by atoms with E-state index in [0.29, 0.717) is 4.90 Å². The molecule has 1 aromatic carbocycles. The Bertz CT molecular complexity index is 392. The lowest BCUT2D eigenvalue weighted by Crippen LogP contribution is -1.95. The molecule has 0 heterocycles. The van der Waals surface area contributed by atoms with Crippen LogP contribution in [-0.4, -0.2) is 22.6 Å². The number of aromatic hydroxyl groups is 1. The van der Waals surface area contributed by atoms with Crippen LogP contribution in [0.4, 0.5) is 0 Å². The highest BCUT2D eigenvalue weighted by molar-refractivity contribution is 7.93. The van der Waals surface area contributed by atoms with Crippen LogP contribution in [0.25, 0.3) is 0 Å². The van der Waals surface area contributed by atoms with Crippen LogP contribution in [0, 0.1) is 0 Å². The normalized spacial score (nSPS) is 15.2. The van der Waals surface area contributed by atoms with Gasteiger partial charge in [0.15, 0.2) is 0 Å². The summed E-state index contributed by atoms with van der Waals surface area (Å²) >= 11 is 0. The fraction of sp³-hybridized carbons (Fsp3) is 0.250. The maximum Gasteiger partial charge on any atom is 0.116 e. The third-order valence-corrected chi connectivity index (χ3v) is 3.43. The lowest BCUT2D eigenvalue weighted by Gasteiger charge is -2.02. The minimum Gasteiger partial charge on any atom is -0.508 e. The number of phenolic OH excluding ortho intramolecular Hbond substituents is 1. The highest BCUT2D eigenvalue weighted by Gasteiger charge is 2.03. The quantitative estimate of drug-likeness (QED) is 0.720. The molecule has 12 heavy (non-hydrogen) atoms. The van der Waals surface area contributed by atoms with Gasteiger partial charge in [0, 0.05) is 13.3 Å². The molecule has 1 atom stereocenters. The first-order chi connectivity index (χ1) is 5.56. The molecule has 0 saturated carbocycles. The molecular weight excluding hydrogens is 174 g/mol. The molecule has 4 heteroatoms. The Labute approximate surface area is 72.2 Å². The monoisotopic (exact) mass is 185 g/mol. The minimum atomic E-state index is -2.31. The van der Waals surface area contributed by atoms with Crippen molar-refractivity contribution in [1.82, 2.24) is 0 Å². The van der Waals surface area contributed by atoms with Crippen LogP contribution < -0.4 is 0 Å². The van der Waals surface area contributed by atoms with E-state index in [0.717, 1.165) is 0 Å². The summed E-state index contributed by atoms with van der Waals surface area (Å²) in [5.41, 5.74) is 0. The third-order valence-electron chi connectivity index (χ3n) is 1.60. The van der Waals surface area contributed by atoms with Crippen molar-refractivity contribution < 1.29 is 9.32 Å². The van der Waals surface area contributed by atoms with E-state index in [1.54, 1.807) is 18.4 Å². The summed E-state index contributed by atoms with van der Waals surface area (Å²) < 4.78 is 15.4. The van der Waals surface area contributed by atoms with Crippen molar-refractivity contribution in [2.45, 2.75) is 4.90 Å². The molecule has 0 fully saturated rings. The molecule has 1 N–H and O–H groups in total. The van der Waals surface area contributed by atoms with Crippen molar-refractivity contribution in [3.8, 4) is 5.75 Å². The number of hydrogen-bond acceptors (Lipinski definition) is 3. The summed E-state index contributed by atoms with van der Waals surface area (Å²) in [6, 6.07) is 6.35. The molecule has 1 aromatic rings. The van der Waals surface area contributed by atoms with Crippen molar-refractivity contribution in [2.75, 3.05) is 13.3 Å². The van der Waals surface area contributed by atoms with Crippen LogP contribution in [0.15, 0.2) is 33.5 Å². The molecule has 0 bridgehead atoms. The second-order valence-corrected chi connectivity index (χ2v) is 4.92. The van der Waals surface area contributed by atoms with Crippen molar-refractivity contribution in [3.63, 3.8) is 0 Å². The van der Waals surface area contributed by atoms with E-state index in [2.05, 4.69) is 4.36 Å². The van der Waals surface area contributed by atoms with E-state index in [9.17, 15) is 4.21 Å². The summed E-state index contributed by atoms with van der Waals surface area (Å²) in [6.07, 6.45) is 1.54. The number of nitrogens with zero attached hydrogens (tertiary/aromatic N) is 1. The van der Waals surface area contributed by atoms with Gasteiger partial charge >= 0.3 is 0 Å². The Kier molecular flexibility index (Phi) is 2.38. The molecule has 0 aliphatic rings. The Morgan fingerprint density at radius 2 is 2.17 bits per heavy atom. The average molecular weight is 185 g/mol. The molecule has 1 rings (SSSR count). The highest BCUT2D eigenvalue weighted by atomic mass is 32.2. The van der Waals surface area contributed by atoms with E-state index < -0.39 is 9.73 Å². The molecule has 66 valence electrons. The fourth-order valence-electron chi connectivity index (χ4n) is 0.825. The van der Waals surface area contributed by atoms with Gasteiger partial charge in [-0.25, -0.2) is 8.57 Å². The molecule has 3 nitrogen and oxygen atoms in total. The van der Waals surface area contributed by atoms with E-state index in [1.807, 2.05) is 0 Å². The van der Waals surface area contributed by atoms with Gasteiger partial charge in [0.25, 0.3) is 0 Å². The summed E-state index contributed by atoms with van der Waals surface area (Å²) in [5.74, 6) is 0.116. The van der Waals surface area contributed by atoms with Crippen molar-refractivity contribution in [2.24, 2.45) is 4.36 Å². The average Bonchev–Trinajstić information content (AvgIpc) is 2.05. The zero-order valence-corrected chi connectivity index (χ0v) is 7.84.